The average Bonchev–Trinajstić information content (AvgIpc) is 2.98. The Hall–Kier alpha value is -4.28. The maximum atomic E-state index is 13.1. The molecular weight excluding hydrogens is 585 g/mol. The molecule has 3 aromatic carbocycles. The molecule has 42 heavy (non-hydrogen) atoms. The summed E-state index contributed by atoms with van der Waals surface area (Å²) < 4.78 is 21.3. The van der Waals surface area contributed by atoms with Crippen molar-refractivity contribution in [1.82, 2.24) is 10.7 Å². The first kappa shape index (κ1) is 32.2. The molecule has 222 valence electrons. The molecule has 2 amide bonds. The van der Waals surface area contributed by atoms with Gasteiger partial charge in [0.25, 0.3) is 11.8 Å². The lowest BCUT2D eigenvalue weighted by molar-refractivity contribution is -0.143. The van der Waals surface area contributed by atoms with Gasteiger partial charge in [0.15, 0.2) is 24.2 Å². The lowest BCUT2D eigenvalue weighted by Crippen LogP contribution is -2.50. The summed E-state index contributed by atoms with van der Waals surface area (Å²) in [5, 5.41) is 7.47. The molecule has 0 fully saturated rings. The SMILES string of the molecule is CCOc1cc(/C=N\NC(=O)[C@H](Cc2ccccc2)NC(=O)[C@@H](C)Oc2ccc(Cl)cc2Cl)ccc1OCC(=O)OC. The van der Waals surface area contributed by atoms with Gasteiger partial charge in [-0.25, -0.2) is 10.2 Å². The first-order valence-electron chi connectivity index (χ1n) is 13.0. The van der Waals surface area contributed by atoms with Gasteiger partial charge in [0, 0.05) is 11.4 Å². The number of carbonyl (C=O) groups excluding carboxylic acids is 3. The Morgan fingerprint density at radius 2 is 1.67 bits per heavy atom. The van der Waals surface area contributed by atoms with E-state index in [1.54, 1.807) is 37.3 Å². The summed E-state index contributed by atoms with van der Waals surface area (Å²) in [7, 11) is 1.27. The largest absolute Gasteiger partial charge is 0.490 e. The number of rotatable bonds is 14. The van der Waals surface area contributed by atoms with Gasteiger partial charge in [-0.15, -0.1) is 0 Å². The van der Waals surface area contributed by atoms with Crippen molar-refractivity contribution in [2.75, 3.05) is 20.3 Å². The number of carbonyl (C=O) groups is 3. The van der Waals surface area contributed by atoms with E-state index in [4.69, 9.17) is 37.4 Å². The van der Waals surface area contributed by atoms with E-state index in [-0.39, 0.29) is 23.8 Å². The summed E-state index contributed by atoms with van der Waals surface area (Å²) in [5.41, 5.74) is 3.91. The highest BCUT2D eigenvalue weighted by atomic mass is 35.5. The fourth-order valence-corrected chi connectivity index (χ4v) is 4.05. The minimum atomic E-state index is -0.963. The monoisotopic (exact) mass is 615 g/mol. The van der Waals surface area contributed by atoms with Crippen molar-refractivity contribution in [1.29, 1.82) is 0 Å². The predicted octanol–water partition coefficient (Wildman–Crippen LogP) is 4.59. The normalized spacial score (nSPS) is 12.2. The highest BCUT2D eigenvalue weighted by Gasteiger charge is 2.25. The first-order chi connectivity index (χ1) is 20.2. The summed E-state index contributed by atoms with van der Waals surface area (Å²) in [6, 6.07) is 17.9. The molecule has 3 rings (SSSR count). The highest BCUT2D eigenvalue weighted by Crippen LogP contribution is 2.29. The summed E-state index contributed by atoms with van der Waals surface area (Å²) in [6.07, 6.45) is 0.665. The minimum Gasteiger partial charge on any atom is -0.490 e. The van der Waals surface area contributed by atoms with E-state index >= 15 is 0 Å². The van der Waals surface area contributed by atoms with Crippen LogP contribution in [0.2, 0.25) is 10.0 Å². The van der Waals surface area contributed by atoms with Crippen LogP contribution < -0.4 is 25.0 Å². The second-order valence-electron chi connectivity index (χ2n) is 8.82. The van der Waals surface area contributed by atoms with E-state index in [2.05, 4.69) is 20.6 Å². The van der Waals surface area contributed by atoms with Gasteiger partial charge in [-0.2, -0.15) is 5.10 Å². The Morgan fingerprint density at radius 3 is 2.36 bits per heavy atom. The van der Waals surface area contributed by atoms with Crippen LogP contribution in [0.5, 0.6) is 17.2 Å². The van der Waals surface area contributed by atoms with E-state index in [0.29, 0.717) is 28.7 Å². The van der Waals surface area contributed by atoms with Crippen LogP contribution in [-0.4, -0.2) is 56.5 Å². The number of halogens is 2. The standard InChI is InChI=1S/C30H31Cl2N3O7/c1-4-40-27-15-21(10-12-26(27)41-18-28(36)39-3)17-33-35-30(38)24(14-20-8-6-5-7-9-20)34-29(37)19(2)42-25-13-11-22(31)16-23(25)32/h5-13,15-17,19,24H,4,14,18H2,1-3H3,(H,34,37)(H,35,38)/b33-17-/t19-,24+/m1/s1. The Morgan fingerprint density at radius 1 is 0.929 bits per heavy atom. The van der Waals surface area contributed by atoms with Crippen molar-refractivity contribution in [2.24, 2.45) is 5.10 Å². The summed E-state index contributed by atoms with van der Waals surface area (Å²) in [6.45, 7) is 3.44. The molecule has 0 saturated heterocycles. The van der Waals surface area contributed by atoms with E-state index in [9.17, 15) is 14.4 Å². The van der Waals surface area contributed by atoms with Crippen molar-refractivity contribution < 1.29 is 33.3 Å². The zero-order valence-corrected chi connectivity index (χ0v) is 24.8. The fraction of sp³-hybridized carbons (Fsp3) is 0.267. The van der Waals surface area contributed by atoms with Crippen LogP contribution in [-0.2, 0) is 25.5 Å². The number of esters is 1. The summed E-state index contributed by atoms with van der Waals surface area (Å²) in [5.74, 6) is -0.567. The van der Waals surface area contributed by atoms with Crippen LogP contribution in [0.4, 0.5) is 0 Å². The molecular formula is C30H31Cl2N3O7. The second kappa shape index (κ2) is 16.2. The quantitative estimate of drug-likeness (QED) is 0.154. The van der Waals surface area contributed by atoms with Crippen molar-refractivity contribution >= 4 is 47.2 Å². The van der Waals surface area contributed by atoms with E-state index in [0.717, 1.165) is 5.56 Å². The number of methoxy groups -OCH3 is 1. The molecule has 0 aliphatic carbocycles. The third kappa shape index (κ3) is 9.97. The van der Waals surface area contributed by atoms with Gasteiger partial charge in [0.1, 0.15) is 11.8 Å². The zero-order chi connectivity index (χ0) is 30.5. The minimum absolute atomic E-state index is 0.211. The summed E-state index contributed by atoms with van der Waals surface area (Å²) in [4.78, 5) is 37.6. The third-order valence-corrected chi connectivity index (χ3v) is 6.24. The lowest BCUT2D eigenvalue weighted by atomic mass is 10.1. The molecule has 10 nitrogen and oxygen atoms in total. The van der Waals surface area contributed by atoms with Crippen LogP contribution in [0, 0.1) is 0 Å². The Labute approximate surface area is 253 Å². The number of amides is 2. The topological polar surface area (TPSA) is 125 Å². The number of ether oxygens (including phenoxy) is 4. The van der Waals surface area contributed by atoms with Crippen LogP contribution in [0.15, 0.2) is 71.8 Å². The molecule has 0 aromatic heterocycles. The molecule has 0 unspecified atom stereocenters. The van der Waals surface area contributed by atoms with Crippen molar-refractivity contribution in [3.8, 4) is 17.2 Å². The predicted molar refractivity (Wildman–Crippen MR) is 159 cm³/mol. The molecule has 0 bridgehead atoms. The zero-order valence-electron chi connectivity index (χ0n) is 23.3. The van der Waals surface area contributed by atoms with E-state index < -0.39 is 29.9 Å². The number of nitrogens with one attached hydrogen (secondary N) is 2. The van der Waals surface area contributed by atoms with Crippen LogP contribution in [0.3, 0.4) is 0 Å². The van der Waals surface area contributed by atoms with Crippen LogP contribution in [0.25, 0.3) is 0 Å². The van der Waals surface area contributed by atoms with Crippen LogP contribution in [0.1, 0.15) is 25.0 Å². The molecule has 0 spiro atoms. The van der Waals surface area contributed by atoms with E-state index in [1.807, 2.05) is 37.3 Å². The molecule has 0 aliphatic heterocycles. The Balaban J connectivity index is 1.69. The number of benzene rings is 3. The molecule has 0 saturated carbocycles. The Kier molecular flexibility index (Phi) is 12.5. The maximum absolute atomic E-state index is 13.1. The van der Waals surface area contributed by atoms with Gasteiger partial charge < -0.3 is 24.3 Å². The van der Waals surface area contributed by atoms with E-state index in [1.165, 1.54) is 19.4 Å². The van der Waals surface area contributed by atoms with Crippen molar-refractivity contribution in [2.45, 2.75) is 32.4 Å². The van der Waals surface area contributed by atoms with Gasteiger partial charge in [0.2, 0.25) is 0 Å². The molecule has 0 heterocycles. The molecule has 12 heteroatoms. The van der Waals surface area contributed by atoms with Crippen molar-refractivity contribution in [3.05, 3.63) is 87.9 Å². The van der Waals surface area contributed by atoms with Crippen molar-refractivity contribution in [3.63, 3.8) is 0 Å². The number of hydrazone groups is 1. The smallest absolute Gasteiger partial charge is 0.343 e. The molecule has 0 aliphatic rings. The maximum Gasteiger partial charge on any atom is 0.343 e. The van der Waals surface area contributed by atoms with Gasteiger partial charge in [-0.05, 0) is 61.4 Å². The number of hydrogen-bond acceptors (Lipinski definition) is 8. The van der Waals surface area contributed by atoms with Gasteiger partial charge in [-0.1, -0.05) is 53.5 Å². The van der Waals surface area contributed by atoms with Gasteiger partial charge >= 0.3 is 5.97 Å². The third-order valence-electron chi connectivity index (χ3n) is 5.71. The molecule has 2 atom stereocenters. The average molecular weight is 616 g/mol. The lowest BCUT2D eigenvalue weighted by Gasteiger charge is -2.21. The number of nitrogens with zero attached hydrogens (tertiary/aromatic N) is 1. The van der Waals surface area contributed by atoms with Crippen LogP contribution >= 0.6 is 23.2 Å². The summed E-state index contributed by atoms with van der Waals surface area (Å²) >= 11 is 12.1. The second-order valence-corrected chi connectivity index (χ2v) is 9.67. The number of hydrogen-bond donors (Lipinski definition) is 2. The Bertz CT molecular complexity index is 1400. The van der Waals surface area contributed by atoms with Gasteiger partial charge in [-0.3, -0.25) is 9.59 Å². The fourth-order valence-electron chi connectivity index (χ4n) is 3.60. The van der Waals surface area contributed by atoms with Gasteiger partial charge in [0.05, 0.1) is 25.0 Å². The first-order valence-corrected chi connectivity index (χ1v) is 13.7. The molecule has 2 N–H and O–H groups in total. The molecule has 3 aromatic rings. The molecule has 0 radical (unpaired) electrons. The highest BCUT2D eigenvalue weighted by molar-refractivity contribution is 6.35.